The number of nitrogens with one attached hydrogen (secondary N) is 1. The molecule has 110 valence electrons. The number of benzene rings is 2. The standard InChI is InChI=1S/C17H16ClF2N/c1-10-8-15(20)16(9-14(10)19)21-17(11-2-3-11)12-4-6-13(18)7-5-12/h4-9,11,17,21H,2-3H2,1H3. The second-order valence-corrected chi connectivity index (χ2v) is 6.03. The lowest BCUT2D eigenvalue weighted by Crippen LogP contribution is -2.14. The predicted octanol–water partition coefficient (Wildman–Crippen LogP) is 5.49. The second kappa shape index (κ2) is 5.64. The van der Waals surface area contributed by atoms with Crippen molar-refractivity contribution in [3.63, 3.8) is 0 Å². The van der Waals surface area contributed by atoms with Crippen molar-refractivity contribution in [1.29, 1.82) is 0 Å². The van der Waals surface area contributed by atoms with Crippen molar-refractivity contribution in [3.05, 3.63) is 64.2 Å². The number of aryl methyl sites for hydroxylation is 1. The van der Waals surface area contributed by atoms with Gasteiger partial charge in [-0.15, -0.1) is 0 Å². The van der Waals surface area contributed by atoms with Crippen LogP contribution in [0, 0.1) is 24.5 Å². The van der Waals surface area contributed by atoms with Gasteiger partial charge in [-0.25, -0.2) is 8.78 Å². The van der Waals surface area contributed by atoms with Crippen LogP contribution in [0.2, 0.25) is 5.02 Å². The lowest BCUT2D eigenvalue weighted by Gasteiger charge is -2.21. The molecule has 1 saturated carbocycles. The molecule has 1 aliphatic rings. The highest BCUT2D eigenvalue weighted by Gasteiger charge is 2.32. The van der Waals surface area contributed by atoms with Gasteiger partial charge in [-0.3, -0.25) is 0 Å². The number of halogens is 3. The third-order valence-corrected chi connectivity index (χ3v) is 4.13. The van der Waals surface area contributed by atoms with E-state index in [4.69, 9.17) is 11.6 Å². The first kappa shape index (κ1) is 14.3. The van der Waals surface area contributed by atoms with E-state index < -0.39 is 11.6 Å². The number of anilines is 1. The molecule has 0 spiro atoms. The van der Waals surface area contributed by atoms with E-state index in [0.717, 1.165) is 18.4 Å². The molecule has 2 aromatic carbocycles. The maximum Gasteiger partial charge on any atom is 0.146 e. The lowest BCUT2D eigenvalue weighted by molar-refractivity contribution is 0.587. The predicted molar refractivity (Wildman–Crippen MR) is 81.6 cm³/mol. The first-order valence-corrected chi connectivity index (χ1v) is 7.40. The van der Waals surface area contributed by atoms with Crippen LogP contribution in [0.25, 0.3) is 0 Å². The van der Waals surface area contributed by atoms with Crippen molar-refractivity contribution in [1.82, 2.24) is 0 Å². The molecule has 0 saturated heterocycles. The maximum absolute atomic E-state index is 14.0. The molecule has 1 fully saturated rings. The van der Waals surface area contributed by atoms with Gasteiger partial charge in [0.15, 0.2) is 0 Å². The molecule has 0 radical (unpaired) electrons. The fourth-order valence-electron chi connectivity index (χ4n) is 2.50. The van der Waals surface area contributed by atoms with E-state index in [2.05, 4.69) is 5.32 Å². The molecule has 1 nitrogen and oxygen atoms in total. The highest BCUT2D eigenvalue weighted by atomic mass is 35.5. The summed E-state index contributed by atoms with van der Waals surface area (Å²) in [7, 11) is 0. The summed E-state index contributed by atoms with van der Waals surface area (Å²) in [5.41, 5.74) is 1.57. The van der Waals surface area contributed by atoms with Crippen molar-refractivity contribution >= 4 is 17.3 Å². The van der Waals surface area contributed by atoms with E-state index in [1.807, 2.05) is 24.3 Å². The first-order valence-electron chi connectivity index (χ1n) is 7.02. The summed E-state index contributed by atoms with van der Waals surface area (Å²) in [5, 5.41) is 3.82. The van der Waals surface area contributed by atoms with E-state index in [-0.39, 0.29) is 11.7 Å². The van der Waals surface area contributed by atoms with Gasteiger partial charge in [0, 0.05) is 11.1 Å². The van der Waals surface area contributed by atoms with E-state index in [1.54, 1.807) is 6.92 Å². The van der Waals surface area contributed by atoms with Crippen LogP contribution in [0.1, 0.15) is 30.0 Å². The molecule has 0 amide bonds. The topological polar surface area (TPSA) is 12.0 Å². The molecule has 3 rings (SSSR count). The average Bonchev–Trinajstić information content (AvgIpc) is 3.27. The van der Waals surface area contributed by atoms with Crippen LogP contribution in [0.3, 0.4) is 0 Å². The van der Waals surface area contributed by atoms with Crippen molar-refractivity contribution in [2.24, 2.45) is 5.92 Å². The van der Waals surface area contributed by atoms with Gasteiger partial charge in [-0.1, -0.05) is 23.7 Å². The normalized spacial score (nSPS) is 15.8. The fraction of sp³-hybridized carbons (Fsp3) is 0.294. The molecule has 0 heterocycles. The summed E-state index contributed by atoms with van der Waals surface area (Å²) in [6.07, 6.45) is 2.19. The summed E-state index contributed by atoms with van der Waals surface area (Å²) < 4.78 is 27.7. The summed E-state index contributed by atoms with van der Waals surface area (Å²) >= 11 is 5.91. The van der Waals surface area contributed by atoms with Gasteiger partial charge in [-0.05, 0) is 55.0 Å². The van der Waals surface area contributed by atoms with Gasteiger partial charge in [0.1, 0.15) is 11.6 Å². The van der Waals surface area contributed by atoms with Gasteiger partial charge < -0.3 is 5.32 Å². The number of rotatable bonds is 4. The second-order valence-electron chi connectivity index (χ2n) is 5.59. The van der Waals surface area contributed by atoms with Gasteiger partial charge in [0.2, 0.25) is 0 Å². The molecule has 1 aliphatic carbocycles. The largest absolute Gasteiger partial charge is 0.376 e. The zero-order valence-corrected chi connectivity index (χ0v) is 12.4. The average molecular weight is 308 g/mol. The van der Waals surface area contributed by atoms with Crippen molar-refractivity contribution in [3.8, 4) is 0 Å². The number of hydrogen-bond acceptors (Lipinski definition) is 1. The quantitative estimate of drug-likeness (QED) is 0.787. The lowest BCUT2D eigenvalue weighted by atomic mass is 10.0. The summed E-state index contributed by atoms with van der Waals surface area (Å²) in [6.45, 7) is 1.56. The fourth-order valence-corrected chi connectivity index (χ4v) is 2.62. The third-order valence-electron chi connectivity index (χ3n) is 3.88. The highest BCUT2D eigenvalue weighted by molar-refractivity contribution is 6.30. The van der Waals surface area contributed by atoms with Crippen molar-refractivity contribution in [2.75, 3.05) is 5.32 Å². The molecule has 2 aromatic rings. The summed E-state index contributed by atoms with van der Waals surface area (Å²) in [5.74, 6) is -0.368. The van der Waals surface area contributed by atoms with Crippen LogP contribution in [-0.4, -0.2) is 0 Å². The van der Waals surface area contributed by atoms with Gasteiger partial charge in [-0.2, -0.15) is 0 Å². The Labute approximate surface area is 127 Å². The zero-order valence-electron chi connectivity index (χ0n) is 11.7. The van der Waals surface area contributed by atoms with E-state index in [0.29, 0.717) is 16.5 Å². The molecule has 4 heteroatoms. The summed E-state index contributed by atoms with van der Waals surface area (Å²) in [6, 6.07) is 9.94. The maximum atomic E-state index is 14.0. The summed E-state index contributed by atoms with van der Waals surface area (Å²) in [4.78, 5) is 0. The molecule has 1 N–H and O–H groups in total. The van der Waals surface area contributed by atoms with Gasteiger partial charge >= 0.3 is 0 Å². The zero-order chi connectivity index (χ0) is 15.0. The Morgan fingerprint density at radius 2 is 1.76 bits per heavy atom. The molecule has 21 heavy (non-hydrogen) atoms. The molecule has 1 unspecified atom stereocenters. The molecular formula is C17H16ClF2N. The minimum atomic E-state index is -0.423. The molecule has 0 bridgehead atoms. The van der Waals surface area contributed by atoms with Gasteiger partial charge in [0.25, 0.3) is 0 Å². The van der Waals surface area contributed by atoms with Crippen LogP contribution < -0.4 is 5.32 Å². The third kappa shape index (κ3) is 3.18. The van der Waals surface area contributed by atoms with Crippen LogP contribution in [0.4, 0.5) is 14.5 Å². The minimum Gasteiger partial charge on any atom is -0.376 e. The van der Waals surface area contributed by atoms with E-state index in [9.17, 15) is 8.78 Å². The molecular weight excluding hydrogens is 292 g/mol. The van der Waals surface area contributed by atoms with Crippen LogP contribution >= 0.6 is 11.6 Å². The van der Waals surface area contributed by atoms with Crippen LogP contribution in [0.5, 0.6) is 0 Å². The highest BCUT2D eigenvalue weighted by Crippen LogP contribution is 2.43. The van der Waals surface area contributed by atoms with Gasteiger partial charge in [0.05, 0.1) is 11.7 Å². The van der Waals surface area contributed by atoms with Crippen LogP contribution in [-0.2, 0) is 0 Å². The Bertz CT molecular complexity index is 651. The Morgan fingerprint density at radius 3 is 2.38 bits per heavy atom. The van der Waals surface area contributed by atoms with E-state index in [1.165, 1.54) is 12.1 Å². The van der Waals surface area contributed by atoms with Crippen molar-refractivity contribution in [2.45, 2.75) is 25.8 Å². The smallest absolute Gasteiger partial charge is 0.146 e. The van der Waals surface area contributed by atoms with E-state index >= 15 is 0 Å². The minimum absolute atomic E-state index is 0.0149. The SMILES string of the molecule is Cc1cc(F)c(NC(c2ccc(Cl)cc2)C2CC2)cc1F. The molecule has 1 atom stereocenters. The van der Waals surface area contributed by atoms with Crippen molar-refractivity contribution < 1.29 is 8.78 Å². The first-order chi connectivity index (χ1) is 10.0. The van der Waals surface area contributed by atoms with Crippen LogP contribution in [0.15, 0.2) is 36.4 Å². The Hall–Kier alpha value is -1.61. The monoisotopic (exact) mass is 307 g/mol. The Morgan fingerprint density at radius 1 is 1.10 bits per heavy atom. The molecule has 0 aromatic heterocycles. The Kier molecular flexibility index (Phi) is 3.85. The number of hydrogen-bond donors (Lipinski definition) is 1. The molecule has 0 aliphatic heterocycles. The Balaban J connectivity index is 1.89.